The third kappa shape index (κ3) is 3.89. The van der Waals surface area contributed by atoms with Gasteiger partial charge in [0.2, 0.25) is 0 Å². The van der Waals surface area contributed by atoms with E-state index in [0.29, 0.717) is 5.56 Å². The van der Waals surface area contributed by atoms with E-state index in [4.69, 9.17) is 4.74 Å². The Morgan fingerprint density at radius 2 is 2.00 bits per heavy atom. The molecule has 0 saturated heterocycles. The van der Waals surface area contributed by atoms with Crippen LogP contribution in [0.5, 0.6) is 0 Å². The second-order valence-corrected chi connectivity index (χ2v) is 5.06. The molecule has 1 atom stereocenters. The predicted octanol–water partition coefficient (Wildman–Crippen LogP) is 3.06. The Bertz CT molecular complexity index is 599. The number of methoxy groups -OCH3 is 1. The lowest BCUT2D eigenvalue weighted by atomic mass is 10.1. The first-order chi connectivity index (χ1) is 10.1. The van der Waals surface area contributed by atoms with E-state index < -0.39 is 0 Å². The number of ether oxygens (including phenoxy) is 1. The van der Waals surface area contributed by atoms with E-state index in [1.165, 1.54) is 12.7 Å². The number of carbonyl (C=O) groups is 1. The lowest BCUT2D eigenvalue weighted by Crippen LogP contribution is -2.22. The summed E-state index contributed by atoms with van der Waals surface area (Å²) in [5.74, 6) is -0.304. The minimum atomic E-state index is -0.304. The van der Waals surface area contributed by atoms with Crippen LogP contribution < -0.4 is 0 Å². The number of esters is 1. The Kier molecular flexibility index (Phi) is 5.06. The van der Waals surface area contributed by atoms with E-state index in [-0.39, 0.29) is 12.0 Å². The molecule has 0 radical (unpaired) electrons. The van der Waals surface area contributed by atoms with Crippen molar-refractivity contribution in [2.45, 2.75) is 19.5 Å². The summed E-state index contributed by atoms with van der Waals surface area (Å²) < 4.78 is 4.75. The number of hydrogen-bond acceptors (Lipinski definition) is 4. The molecule has 1 aromatic heterocycles. The average molecular weight is 284 g/mol. The van der Waals surface area contributed by atoms with Gasteiger partial charge in [-0.1, -0.05) is 12.1 Å². The fourth-order valence-corrected chi connectivity index (χ4v) is 2.24. The SMILES string of the molecule is COC(=O)c1cccc(CN(C)C(C)c2ccncc2)c1. The molecule has 1 unspecified atom stereocenters. The first kappa shape index (κ1) is 15.2. The van der Waals surface area contributed by atoms with Gasteiger partial charge >= 0.3 is 5.97 Å². The molecular formula is C17H20N2O2. The molecule has 0 N–H and O–H groups in total. The van der Waals surface area contributed by atoms with Gasteiger partial charge in [0.1, 0.15) is 0 Å². The zero-order valence-electron chi connectivity index (χ0n) is 12.6. The number of nitrogens with zero attached hydrogens (tertiary/aromatic N) is 2. The monoisotopic (exact) mass is 284 g/mol. The van der Waals surface area contributed by atoms with E-state index in [1.807, 2.05) is 30.3 Å². The van der Waals surface area contributed by atoms with Crippen molar-refractivity contribution in [3.8, 4) is 0 Å². The van der Waals surface area contributed by atoms with E-state index in [2.05, 4.69) is 23.9 Å². The Morgan fingerprint density at radius 1 is 1.29 bits per heavy atom. The second-order valence-electron chi connectivity index (χ2n) is 5.06. The highest BCUT2D eigenvalue weighted by atomic mass is 16.5. The Hall–Kier alpha value is -2.20. The minimum Gasteiger partial charge on any atom is -0.465 e. The van der Waals surface area contributed by atoms with Crippen molar-refractivity contribution in [3.05, 3.63) is 65.5 Å². The van der Waals surface area contributed by atoms with Crippen molar-refractivity contribution < 1.29 is 9.53 Å². The van der Waals surface area contributed by atoms with Crippen LogP contribution in [-0.2, 0) is 11.3 Å². The van der Waals surface area contributed by atoms with Gasteiger partial charge in [0.15, 0.2) is 0 Å². The third-order valence-corrected chi connectivity index (χ3v) is 3.63. The fraction of sp³-hybridized carbons (Fsp3) is 0.294. The van der Waals surface area contributed by atoms with E-state index in [9.17, 15) is 4.79 Å². The van der Waals surface area contributed by atoms with Gasteiger partial charge < -0.3 is 4.74 Å². The van der Waals surface area contributed by atoms with Crippen molar-refractivity contribution in [3.63, 3.8) is 0 Å². The van der Waals surface area contributed by atoms with Gasteiger partial charge in [-0.15, -0.1) is 0 Å². The molecule has 0 amide bonds. The Morgan fingerprint density at radius 3 is 2.67 bits per heavy atom. The van der Waals surface area contributed by atoms with Gasteiger partial charge in [-0.3, -0.25) is 9.88 Å². The second kappa shape index (κ2) is 6.99. The van der Waals surface area contributed by atoms with Gasteiger partial charge in [-0.25, -0.2) is 4.79 Å². The molecule has 4 heteroatoms. The molecule has 2 aromatic rings. The van der Waals surface area contributed by atoms with Crippen LogP contribution in [-0.4, -0.2) is 30.0 Å². The largest absolute Gasteiger partial charge is 0.465 e. The predicted molar refractivity (Wildman–Crippen MR) is 81.9 cm³/mol. The molecule has 0 saturated carbocycles. The van der Waals surface area contributed by atoms with Crippen LogP contribution in [0.25, 0.3) is 0 Å². The highest BCUT2D eigenvalue weighted by Gasteiger charge is 2.13. The molecule has 110 valence electrons. The summed E-state index contributed by atoms with van der Waals surface area (Å²) in [5.41, 5.74) is 2.89. The Labute approximate surface area is 125 Å². The molecule has 2 rings (SSSR count). The fourth-order valence-electron chi connectivity index (χ4n) is 2.24. The zero-order chi connectivity index (χ0) is 15.2. The molecule has 0 bridgehead atoms. The van der Waals surface area contributed by atoms with Crippen LogP contribution in [0.15, 0.2) is 48.8 Å². The van der Waals surface area contributed by atoms with E-state index >= 15 is 0 Å². The summed E-state index contributed by atoms with van der Waals surface area (Å²) in [4.78, 5) is 17.8. The molecule has 0 fully saturated rings. The number of pyridine rings is 1. The average Bonchev–Trinajstić information content (AvgIpc) is 2.54. The lowest BCUT2D eigenvalue weighted by molar-refractivity contribution is 0.0600. The molecular weight excluding hydrogens is 264 g/mol. The molecule has 0 spiro atoms. The molecule has 0 aliphatic carbocycles. The van der Waals surface area contributed by atoms with Crippen LogP contribution in [0.2, 0.25) is 0 Å². The first-order valence-electron chi connectivity index (χ1n) is 6.89. The molecule has 4 nitrogen and oxygen atoms in total. The molecule has 0 aliphatic heterocycles. The maximum absolute atomic E-state index is 11.6. The van der Waals surface area contributed by atoms with Crippen molar-refractivity contribution in [2.75, 3.05) is 14.2 Å². The molecule has 1 heterocycles. The summed E-state index contributed by atoms with van der Waals surface area (Å²) in [5, 5.41) is 0. The topological polar surface area (TPSA) is 42.4 Å². The Balaban J connectivity index is 2.09. The number of benzene rings is 1. The highest BCUT2D eigenvalue weighted by Crippen LogP contribution is 2.20. The van der Waals surface area contributed by atoms with Crippen LogP contribution >= 0.6 is 0 Å². The van der Waals surface area contributed by atoms with Gasteiger partial charge in [0, 0.05) is 25.0 Å². The normalized spacial score (nSPS) is 12.2. The van der Waals surface area contributed by atoms with Gasteiger partial charge in [-0.2, -0.15) is 0 Å². The van der Waals surface area contributed by atoms with Gasteiger partial charge in [0.25, 0.3) is 0 Å². The number of carbonyl (C=O) groups excluding carboxylic acids is 1. The molecule has 21 heavy (non-hydrogen) atoms. The van der Waals surface area contributed by atoms with Crippen molar-refractivity contribution in [2.24, 2.45) is 0 Å². The van der Waals surface area contributed by atoms with E-state index in [1.54, 1.807) is 18.5 Å². The van der Waals surface area contributed by atoms with Crippen LogP contribution in [0.1, 0.15) is 34.5 Å². The molecule has 0 aliphatic rings. The van der Waals surface area contributed by atoms with Gasteiger partial charge in [-0.05, 0) is 49.4 Å². The van der Waals surface area contributed by atoms with E-state index in [0.717, 1.165) is 12.1 Å². The van der Waals surface area contributed by atoms with Crippen molar-refractivity contribution >= 4 is 5.97 Å². The highest BCUT2D eigenvalue weighted by molar-refractivity contribution is 5.89. The first-order valence-corrected chi connectivity index (χ1v) is 6.89. The number of aromatic nitrogens is 1. The summed E-state index contributed by atoms with van der Waals surface area (Å²) in [6.07, 6.45) is 3.61. The summed E-state index contributed by atoms with van der Waals surface area (Å²) >= 11 is 0. The maximum Gasteiger partial charge on any atom is 0.337 e. The summed E-state index contributed by atoms with van der Waals surface area (Å²) in [6.45, 7) is 2.91. The zero-order valence-corrected chi connectivity index (χ0v) is 12.6. The standard InChI is InChI=1S/C17H20N2O2/c1-13(15-7-9-18-10-8-15)19(2)12-14-5-4-6-16(11-14)17(20)21-3/h4-11,13H,12H2,1-3H3. The quantitative estimate of drug-likeness (QED) is 0.791. The smallest absolute Gasteiger partial charge is 0.337 e. The minimum absolute atomic E-state index is 0.273. The lowest BCUT2D eigenvalue weighted by Gasteiger charge is -2.25. The summed E-state index contributed by atoms with van der Waals surface area (Å²) in [7, 11) is 3.46. The van der Waals surface area contributed by atoms with Crippen LogP contribution in [0.4, 0.5) is 0 Å². The third-order valence-electron chi connectivity index (χ3n) is 3.63. The molecule has 1 aromatic carbocycles. The maximum atomic E-state index is 11.6. The van der Waals surface area contributed by atoms with Crippen LogP contribution in [0.3, 0.4) is 0 Å². The van der Waals surface area contributed by atoms with Gasteiger partial charge in [0.05, 0.1) is 12.7 Å². The van der Waals surface area contributed by atoms with Crippen LogP contribution in [0, 0.1) is 0 Å². The summed E-state index contributed by atoms with van der Waals surface area (Å²) in [6, 6.07) is 11.9. The van der Waals surface area contributed by atoms with Crippen molar-refractivity contribution in [1.29, 1.82) is 0 Å². The van der Waals surface area contributed by atoms with Crippen molar-refractivity contribution in [1.82, 2.24) is 9.88 Å². The number of rotatable bonds is 5. The number of hydrogen-bond donors (Lipinski definition) is 0.